The van der Waals surface area contributed by atoms with E-state index in [1.807, 2.05) is 12.1 Å². The van der Waals surface area contributed by atoms with Crippen LogP contribution in [0.4, 0.5) is 14.6 Å². The Labute approximate surface area is 106 Å². The van der Waals surface area contributed by atoms with Crippen molar-refractivity contribution in [3.8, 4) is 0 Å². The Hall–Kier alpha value is -1.23. The molecule has 3 nitrogen and oxygen atoms in total. The van der Waals surface area contributed by atoms with Crippen LogP contribution >= 0.6 is 0 Å². The fraction of sp³-hybridized carbons (Fsp3) is 0.615. The third-order valence-corrected chi connectivity index (χ3v) is 3.34. The Morgan fingerprint density at radius 3 is 2.78 bits per heavy atom. The molecule has 0 atom stereocenters. The molecule has 1 aromatic rings. The van der Waals surface area contributed by atoms with Crippen LogP contribution in [0.1, 0.15) is 24.5 Å². The number of anilines is 1. The quantitative estimate of drug-likeness (QED) is 0.896. The van der Waals surface area contributed by atoms with Crippen LogP contribution in [0.15, 0.2) is 18.2 Å². The van der Waals surface area contributed by atoms with E-state index in [-0.39, 0.29) is 6.54 Å². The average Bonchev–Trinajstić information content (AvgIpc) is 2.37. The number of likely N-dealkylation sites (tertiary alicyclic amines) is 1. The van der Waals surface area contributed by atoms with Crippen LogP contribution in [-0.4, -0.2) is 43.0 Å². The van der Waals surface area contributed by atoms with Gasteiger partial charge in [0.15, 0.2) is 0 Å². The fourth-order valence-corrected chi connectivity index (χ4v) is 2.26. The molecule has 2 rings (SSSR count). The van der Waals surface area contributed by atoms with Crippen LogP contribution in [0.5, 0.6) is 0 Å². The van der Waals surface area contributed by atoms with Crippen molar-refractivity contribution in [3.05, 3.63) is 23.9 Å². The number of nitrogens with zero attached hydrogens (tertiary/aromatic N) is 2. The highest BCUT2D eigenvalue weighted by molar-refractivity contribution is 5.36. The van der Waals surface area contributed by atoms with Gasteiger partial charge >= 0.3 is 0 Å². The molecule has 0 spiro atoms. The molecular weight excluding hydrogens is 236 g/mol. The second-order valence-electron chi connectivity index (χ2n) is 4.80. The van der Waals surface area contributed by atoms with Crippen molar-refractivity contribution < 1.29 is 8.78 Å². The summed E-state index contributed by atoms with van der Waals surface area (Å²) in [6.07, 6.45) is -0.178. The van der Waals surface area contributed by atoms with Gasteiger partial charge in [-0.25, -0.2) is 13.8 Å². The summed E-state index contributed by atoms with van der Waals surface area (Å²) in [6.45, 7) is 1.80. The molecule has 100 valence electrons. The molecule has 0 amide bonds. The van der Waals surface area contributed by atoms with Crippen molar-refractivity contribution in [2.45, 2.75) is 25.2 Å². The highest BCUT2D eigenvalue weighted by Crippen LogP contribution is 2.26. The van der Waals surface area contributed by atoms with Crippen LogP contribution in [0.25, 0.3) is 0 Å². The van der Waals surface area contributed by atoms with E-state index in [1.54, 1.807) is 6.07 Å². The Morgan fingerprint density at radius 2 is 2.11 bits per heavy atom. The molecule has 1 N–H and O–H groups in total. The van der Waals surface area contributed by atoms with E-state index in [1.165, 1.54) is 0 Å². The molecule has 18 heavy (non-hydrogen) atoms. The van der Waals surface area contributed by atoms with Crippen LogP contribution in [0.3, 0.4) is 0 Å². The van der Waals surface area contributed by atoms with E-state index in [4.69, 9.17) is 0 Å². The monoisotopic (exact) mass is 255 g/mol. The van der Waals surface area contributed by atoms with Crippen LogP contribution < -0.4 is 5.32 Å². The maximum Gasteiger partial charge on any atom is 0.255 e. The van der Waals surface area contributed by atoms with Crippen LogP contribution in [0.2, 0.25) is 0 Å². The average molecular weight is 255 g/mol. The van der Waals surface area contributed by atoms with E-state index in [9.17, 15) is 8.78 Å². The van der Waals surface area contributed by atoms with Crippen molar-refractivity contribution in [2.24, 2.45) is 0 Å². The summed E-state index contributed by atoms with van der Waals surface area (Å²) in [6, 6.07) is 5.61. The Bertz CT molecular complexity index is 376. The third-order valence-electron chi connectivity index (χ3n) is 3.34. The molecule has 0 saturated carbocycles. The number of piperidine rings is 1. The van der Waals surface area contributed by atoms with E-state index in [2.05, 4.69) is 22.2 Å². The molecule has 0 aliphatic carbocycles. The zero-order valence-corrected chi connectivity index (χ0v) is 10.6. The summed E-state index contributed by atoms with van der Waals surface area (Å²) in [5.74, 6) is 1.00. The minimum absolute atomic E-state index is 0.343. The first-order valence-electron chi connectivity index (χ1n) is 6.32. The van der Waals surface area contributed by atoms with Crippen LogP contribution in [-0.2, 0) is 0 Å². The van der Waals surface area contributed by atoms with Crippen molar-refractivity contribution >= 4 is 5.82 Å². The fourth-order valence-electron chi connectivity index (χ4n) is 2.26. The Balaban J connectivity index is 1.98. The van der Waals surface area contributed by atoms with Gasteiger partial charge in [0.1, 0.15) is 5.82 Å². The van der Waals surface area contributed by atoms with Gasteiger partial charge in [0.2, 0.25) is 0 Å². The summed E-state index contributed by atoms with van der Waals surface area (Å²) >= 11 is 0. The second-order valence-corrected chi connectivity index (χ2v) is 4.80. The molecular formula is C13H19F2N3. The predicted octanol–water partition coefficient (Wildman–Crippen LogP) is 2.57. The lowest BCUT2D eigenvalue weighted by molar-refractivity contribution is 0.163. The van der Waals surface area contributed by atoms with Crippen molar-refractivity contribution in [3.63, 3.8) is 0 Å². The molecule has 2 heterocycles. The van der Waals surface area contributed by atoms with Gasteiger partial charge in [0, 0.05) is 11.6 Å². The van der Waals surface area contributed by atoms with Gasteiger partial charge in [0.05, 0.1) is 6.54 Å². The minimum atomic E-state index is -2.35. The molecule has 0 radical (unpaired) electrons. The third kappa shape index (κ3) is 3.63. The maximum absolute atomic E-state index is 12.1. The molecule has 5 heteroatoms. The molecule has 1 fully saturated rings. The first kappa shape index (κ1) is 13.2. The summed E-state index contributed by atoms with van der Waals surface area (Å²) in [5, 5.41) is 2.66. The van der Waals surface area contributed by atoms with E-state index >= 15 is 0 Å². The van der Waals surface area contributed by atoms with Gasteiger partial charge in [-0.3, -0.25) is 0 Å². The van der Waals surface area contributed by atoms with Gasteiger partial charge in [-0.1, -0.05) is 6.07 Å². The summed E-state index contributed by atoms with van der Waals surface area (Å²) in [5.41, 5.74) is 1.02. The lowest BCUT2D eigenvalue weighted by Crippen LogP contribution is -2.29. The SMILES string of the molecule is CN1CCC(c2cccc(NCC(F)F)n2)CC1. The summed E-state index contributed by atoms with van der Waals surface area (Å²) in [7, 11) is 2.12. The number of hydrogen-bond acceptors (Lipinski definition) is 3. The lowest BCUT2D eigenvalue weighted by Gasteiger charge is -2.28. The number of nitrogens with one attached hydrogen (secondary N) is 1. The second kappa shape index (κ2) is 6.09. The Morgan fingerprint density at radius 1 is 1.39 bits per heavy atom. The normalized spacial score (nSPS) is 18.2. The number of aromatic nitrogens is 1. The summed E-state index contributed by atoms with van der Waals surface area (Å²) in [4.78, 5) is 6.73. The highest BCUT2D eigenvalue weighted by atomic mass is 19.3. The van der Waals surface area contributed by atoms with Gasteiger partial charge < -0.3 is 10.2 Å². The molecule has 0 bridgehead atoms. The van der Waals surface area contributed by atoms with E-state index in [0.717, 1.165) is 31.6 Å². The largest absolute Gasteiger partial charge is 0.364 e. The topological polar surface area (TPSA) is 28.2 Å². The van der Waals surface area contributed by atoms with Gasteiger partial charge in [-0.2, -0.15) is 0 Å². The molecule has 1 aliphatic rings. The maximum atomic E-state index is 12.1. The van der Waals surface area contributed by atoms with Gasteiger partial charge in [-0.15, -0.1) is 0 Å². The van der Waals surface area contributed by atoms with Crippen molar-refractivity contribution in [2.75, 3.05) is 32.0 Å². The molecule has 0 unspecified atom stereocenters. The van der Waals surface area contributed by atoms with Gasteiger partial charge in [0.25, 0.3) is 6.43 Å². The standard InChI is InChI=1S/C13H19F2N3/c1-18-7-5-10(6-8-18)11-3-2-4-13(17-11)16-9-12(14)15/h2-4,10,12H,5-9H2,1H3,(H,16,17). The summed E-state index contributed by atoms with van der Waals surface area (Å²) < 4.78 is 24.2. The number of alkyl halides is 2. The van der Waals surface area contributed by atoms with Crippen molar-refractivity contribution in [1.82, 2.24) is 9.88 Å². The lowest BCUT2D eigenvalue weighted by atomic mass is 9.93. The zero-order chi connectivity index (χ0) is 13.0. The molecule has 1 aliphatic heterocycles. The van der Waals surface area contributed by atoms with Crippen LogP contribution in [0, 0.1) is 0 Å². The minimum Gasteiger partial charge on any atom is -0.364 e. The Kier molecular flexibility index (Phi) is 4.47. The molecule has 1 aromatic heterocycles. The first-order valence-corrected chi connectivity index (χ1v) is 6.32. The molecule has 0 aromatic carbocycles. The van der Waals surface area contributed by atoms with E-state index in [0.29, 0.717) is 11.7 Å². The van der Waals surface area contributed by atoms with Gasteiger partial charge in [-0.05, 0) is 45.1 Å². The zero-order valence-electron chi connectivity index (χ0n) is 10.6. The number of pyridine rings is 1. The molecule has 1 saturated heterocycles. The first-order chi connectivity index (χ1) is 8.65. The smallest absolute Gasteiger partial charge is 0.255 e. The number of hydrogen-bond donors (Lipinski definition) is 1. The highest BCUT2D eigenvalue weighted by Gasteiger charge is 2.19. The van der Waals surface area contributed by atoms with Crippen molar-refractivity contribution in [1.29, 1.82) is 0 Å². The number of halogens is 2. The predicted molar refractivity (Wildman–Crippen MR) is 68.2 cm³/mol. The number of rotatable bonds is 4. The van der Waals surface area contributed by atoms with E-state index < -0.39 is 6.43 Å².